The fourth-order valence-electron chi connectivity index (χ4n) is 1.11. The normalized spacial score (nSPS) is 11.6. The predicted octanol–water partition coefficient (Wildman–Crippen LogP) is 2.82. The summed E-state index contributed by atoms with van der Waals surface area (Å²) in [5.41, 5.74) is 6.16. The van der Waals surface area contributed by atoms with Crippen LogP contribution in [-0.4, -0.2) is 19.6 Å². The van der Waals surface area contributed by atoms with Gasteiger partial charge in [0, 0.05) is 16.6 Å². The summed E-state index contributed by atoms with van der Waals surface area (Å²) in [6, 6.07) is 5.06. The van der Waals surface area contributed by atoms with E-state index in [1.165, 1.54) is 0 Å². The van der Waals surface area contributed by atoms with E-state index >= 15 is 0 Å². The van der Waals surface area contributed by atoms with Gasteiger partial charge in [0.05, 0.1) is 0 Å². The average Bonchev–Trinajstić information content (AvgIpc) is 2.24. The van der Waals surface area contributed by atoms with Gasteiger partial charge in [-0.2, -0.15) is 13.2 Å². The van der Waals surface area contributed by atoms with E-state index in [2.05, 4.69) is 20.7 Å². The van der Waals surface area contributed by atoms with Crippen LogP contribution < -0.4 is 10.5 Å². The quantitative estimate of drug-likeness (QED) is 0.671. The van der Waals surface area contributed by atoms with Crippen molar-refractivity contribution < 1.29 is 22.6 Å². The molecule has 0 unspecified atom stereocenters. The van der Waals surface area contributed by atoms with Crippen LogP contribution in [0.5, 0.6) is 5.75 Å². The van der Waals surface area contributed by atoms with E-state index in [-0.39, 0.29) is 6.54 Å². The summed E-state index contributed by atoms with van der Waals surface area (Å²) in [7, 11) is 0. The summed E-state index contributed by atoms with van der Waals surface area (Å²) < 4.78 is 45.5. The molecule has 2 N–H and O–H groups in total. The summed E-state index contributed by atoms with van der Waals surface area (Å²) in [6.07, 6.45) is -4.35. The van der Waals surface area contributed by atoms with Crippen LogP contribution in [0.15, 0.2) is 22.7 Å². The number of alkyl halides is 3. The summed E-state index contributed by atoms with van der Waals surface area (Å²) in [5.74, 6) is 0.415. The maximum Gasteiger partial charge on any atom is 0.411 e. The Labute approximate surface area is 105 Å². The molecule has 0 heterocycles. The molecule has 0 radical (unpaired) electrons. The molecule has 0 spiro atoms. The van der Waals surface area contributed by atoms with Crippen LogP contribution in [0.1, 0.15) is 5.56 Å². The first kappa shape index (κ1) is 14.3. The van der Waals surface area contributed by atoms with Gasteiger partial charge in [-0.1, -0.05) is 15.9 Å². The number of hydrogen-bond acceptors (Lipinski definition) is 3. The molecular formula is C10H11BrF3NO2. The van der Waals surface area contributed by atoms with Crippen LogP contribution in [-0.2, 0) is 11.3 Å². The maximum atomic E-state index is 11.8. The second-order valence-electron chi connectivity index (χ2n) is 3.18. The van der Waals surface area contributed by atoms with E-state index in [1.54, 1.807) is 18.2 Å². The van der Waals surface area contributed by atoms with Crippen LogP contribution >= 0.6 is 15.9 Å². The summed E-state index contributed by atoms with van der Waals surface area (Å²) >= 11 is 3.25. The highest BCUT2D eigenvalue weighted by Gasteiger charge is 2.27. The van der Waals surface area contributed by atoms with Crippen LogP contribution in [0.4, 0.5) is 13.2 Å². The van der Waals surface area contributed by atoms with Crippen molar-refractivity contribution in [2.24, 2.45) is 5.73 Å². The highest BCUT2D eigenvalue weighted by atomic mass is 79.9. The molecule has 0 bridgehead atoms. The molecule has 3 nitrogen and oxygen atoms in total. The minimum absolute atomic E-state index is 0.230. The zero-order valence-electron chi connectivity index (χ0n) is 8.76. The van der Waals surface area contributed by atoms with E-state index in [0.29, 0.717) is 11.3 Å². The number of halogens is 4. The molecular weight excluding hydrogens is 303 g/mol. The van der Waals surface area contributed by atoms with Gasteiger partial charge in [0.25, 0.3) is 0 Å². The van der Waals surface area contributed by atoms with Crippen molar-refractivity contribution in [2.75, 3.05) is 13.4 Å². The average molecular weight is 314 g/mol. The minimum Gasteiger partial charge on any atom is -0.467 e. The maximum absolute atomic E-state index is 11.8. The summed E-state index contributed by atoms with van der Waals surface area (Å²) in [4.78, 5) is 0. The Hall–Kier alpha value is -0.790. The molecule has 1 aromatic rings. The Morgan fingerprint density at radius 3 is 2.59 bits per heavy atom. The van der Waals surface area contributed by atoms with Crippen LogP contribution in [0.3, 0.4) is 0 Å². The highest BCUT2D eigenvalue weighted by molar-refractivity contribution is 9.10. The number of ether oxygens (including phenoxy) is 2. The van der Waals surface area contributed by atoms with Crippen molar-refractivity contribution >= 4 is 15.9 Å². The Kier molecular flexibility index (Phi) is 5.23. The van der Waals surface area contributed by atoms with Gasteiger partial charge < -0.3 is 15.2 Å². The Bertz CT molecular complexity index is 371. The lowest BCUT2D eigenvalue weighted by Gasteiger charge is -2.12. The number of benzene rings is 1. The van der Waals surface area contributed by atoms with Gasteiger partial charge in [-0.25, -0.2) is 0 Å². The van der Waals surface area contributed by atoms with Gasteiger partial charge in [-0.3, -0.25) is 0 Å². The lowest BCUT2D eigenvalue weighted by molar-refractivity contribution is -0.186. The largest absolute Gasteiger partial charge is 0.467 e. The molecule has 0 atom stereocenters. The molecule has 0 saturated heterocycles. The third kappa shape index (κ3) is 5.38. The standard InChI is InChI=1S/C10H11BrF3NO2/c11-8-1-2-9(7(3-8)4-15)17-6-16-5-10(12,13)14/h1-3H,4-6,15H2. The third-order valence-corrected chi connectivity index (χ3v) is 2.30. The van der Waals surface area contributed by atoms with E-state index in [0.717, 1.165) is 4.47 Å². The zero-order chi connectivity index (χ0) is 12.9. The molecule has 0 aliphatic carbocycles. The van der Waals surface area contributed by atoms with Crippen molar-refractivity contribution in [3.63, 3.8) is 0 Å². The molecule has 0 aromatic heterocycles. The Balaban J connectivity index is 2.46. The lowest BCUT2D eigenvalue weighted by atomic mass is 10.2. The number of nitrogens with two attached hydrogens (primary N) is 1. The van der Waals surface area contributed by atoms with E-state index in [9.17, 15) is 13.2 Å². The minimum atomic E-state index is -4.35. The molecule has 0 fully saturated rings. The smallest absolute Gasteiger partial charge is 0.411 e. The predicted molar refractivity (Wildman–Crippen MR) is 59.5 cm³/mol. The van der Waals surface area contributed by atoms with Crippen LogP contribution in [0, 0.1) is 0 Å². The van der Waals surface area contributed by atoms with Gasteiger partial charge in [-0.05, 0) is 18.2 Å². The molecule has 96 valence electrons. The van der Waals surface area contributed by atoms with Crippen molar-refractivity contribution in [3.05, 3.63) is 28.2 Å². The molecule has 1 rings (SSSR count). The van der Waals surface area contributed by atoms with Gasteiger partial charge >= 0.3 is 6.18 Å². The molecule has 1 aromatic carbocycles. The van der Waals surface area contributed by atoms with Gasteiger partial charge in [-0.15, -0.1) is 0 Å². The first-order valence-corrected chi connectivity index (χ1v) is 5.47. The fraction of sp³-hybridized carbons (Fsp3) is 0.400. The number of rotatable bonds is 5. The first-order valence-electron chi connectivity index (χ1n) is 4.68. The van der Waals surface area contributed by atoms with Crippen LogP contribution in [0.2, 0.25) is 0 Å². The van der Waals surface area contributed by atoms with Crippen molar-refractivity contribution in [2.45, 2.75) is 12.7 Å². The highest BCUT2D eigenvalue weighted by Crippen LogP contribution is 2.23. The SMILES string of the molecule is NCc1cc(Br)ccc1OCOCC(F)(F)F. The summed E-state index contributed by atoms with van der Waals surface area (Å²) in [6.45, 7) is -1.57. The summed E-state index contributed by atoms with van der Waals surface area (Å²) in [5, 5.41) is 0. The van der Waals surface area contributed by atoms with Gasteiger partial charge in [0.2, 0.25) is 0 Å². The fourth-order valence-corrected chi connectivity index (χ4v) is 1.52. The van der Waals surface area contributed by atoms with Crippen molar-refractivity contribution in [3.8, 4) is 5.75 Å². The number of hydrogen-bond donors (Lipinski definition) is 1. The zero-order valence-corrected chi connectivity index (χ0v) is 10.3. The van der Waals surface area contributed by atoms with Crippen LogP contribution in [0.25, 0.3) is 0 Å². The Morgan fingerprint density at radius 1 is 1.29 bits per heavy atom. The van der Waals surface area contributed by atoms with Crippen molar-refractivity contribution in [1.82, 2.24) is 0 Å². The molecule has 0 aliphatic rings. The topological polar surface area (TPSA) is 44.5 Å². The van der Waals surface area contributed by atoms with Gasteiger partial charge in [0.15, 0.2) is 6.79 Å². The molecule has 17 heavy (non-hydrogen) atoms. The second-order valence-corrected chi connectivity index (χ2v) is 4.10. The third-order valence-electron chi connectivity index (χ3n) is 1.81. The Morgan fingerprint density at radius 2 is 2.00 bits per heavy atom. The molecule has 0 saturated carbocycles. The van der Waals surface area contributed by atoms with E-state index < -0.39 is 19.6 Å². The van der Waals surface area contributed by atoms with Gasteiger partial charge in [0.1, 0.15) is 12.4 Å². The monoisotopic (exact) mass is 313 g/mol. The molecule has 0 aliphatic heterocycles. The van der Waals surface area contributed by atoms with Crippen molar-refractivity contribution in [1.29, 1.82) is 0 Å². The first-order chi connectivity index (χ1) is 7.92. The van der Waals surface area contributed by atoms with E-state index in [1.807, 2.05) is 0 Å². The molecule has 0 amide bonds. The van der Waals surface area contributed by atoms with E-state index in [4.69, 9.17) is 10.5 Å². The lowest BCUT2D eigenvalue weighted by Crippen LogP contribution is -2.19. The molecule has 7 heteroatoms. The second kappa shape index (κ2) is 6.23.